The minimum absolute atomic E-state index is 0.0485. The van der Waals surface area contributed by atoms with Gasteiger partial charge in [-0.3, -0.25) is 24.6 Å². The van der Waals surface area contributed by atoms with Crippen molar-refractivity contribution in [1.29, 1.82) is 0 Å². The van der Waals surface area contributed by atoms with E-state index in [4.69, 9.17) is 4.74 Å². The van der Waals surface area contributed by atoms with Crippen molar-refractivity contribution in [3.63, 3.8) is 0 Å². The second-order valence-electron chi connectivity index (χ2n) is 10.3. The van der Waals surface area contributed by atoms with Crippen LogP contribution in [0.4, 0.5) is 13.2 Å². The van der Waals surface area contributed by atoms with E-state index in [1.54, 1.807) is 23.0 Å². The first-order valence-electron chi connectivity index (χ1n) is 13.2. The number of benzene rings is 2. The smallest absolute Gasteiger partial charge is 0.489 e. The van der Waals surface area contributed by atoms with Crippen molar-refractivity contribution in [2.45, 2.75) is 50.9 Å². The molecule has 0 spiro atoms. The van der Waals surface area contributed by atoms with Gasteiger partial charge in [0, 0.05) is 49.9 Å². The molecular weight excluding hydrogens is 543 g/mol. The standard InChI is InChI=1S/C28H26F3N5O5/c29-28(30,31)41-20-3-1-19(2-4-20)36-14-17(12-32-36)13-34-10-9-22(16-34)40-21-5-6-23-18(11-21)15-35(27(23)39)24-7-8-25(37)33-26(24)38/h1-6,11-12,14,22,24H,7-10,13,15-16H2,(H,33,37,38)/t22-,24?/m0/s1. The normalized spacial score (nSPS) is 21.2. The lowest BCUT2D eigenvalue weighted by molar-refractivity contribution is -0.274. The fraction of sp³-hybridized carbons (Fsp3) is 0.357. The predicted octanol–water partition coefficient (Wildman–Crippen LogP) is 3.19. The van der Waals surface area contributed by atoms with Crippen molar-refractivity contribution >= 4 is 17.7 Å². The Hall–Kier alpha value is -4.39. The number of likely N-dealkylation sites (tertiary alicyclic amines) is 1. The van der Waals surface area contributed by atoms with Gasteiger partial charge in [-0.15, -0.1) is 13.2 Å². The number of hydrogen-bond acceptors (Lipinski definition) is 7. The summed E-state index contributed by atoms with van der Waals surface area (Å²) in [6, 6.07) is 10.2. The molecule has 214 valence electrons. The second kappa shape index (κ2) is 10.5. The zero-order chi connectivity index (χ0) is 28.7. The minimum Gasteiger partial charge on any atom is -0.489 e. The van der Waals surface area contributed by atoms with Crippen molar-refractivity contribution in [1.82, 2.24) is 24.9 Å². The number of nitrogens with one attached hydrogen (secondary N) is 1. The summed E-state index contributed by atoms with van der Waals surface area (Å²) in [5.41, 5.74) is 2.89. The van der Waals surface area contributed by atoms with E-state index < -0.39 is 18.3 Å². The number of carbonyl (C=O) groups excluding carboxylic acids is 3. The molecule has 2 aromatic carbocycles. The summed E-state index contributed by atoms with van der Waals surface area (Å²) in [7, 11) is 0. The van der Waals surface area contributed by atoms with Crippen LogP contribution in [0.2, 0.25) is 0 Å². The highest BCUT2D eigenvalue weighted by molar-refractivity contribution is 6.05. The molecule has 1 unspecified atom stereocenters. The number of rotatable bonds is 7. The van der Waals surface area contributed by atoms with E-state index in [0.29, 0.717) is 36.5 Å². The maximum atomic E-state index is 12.9. The number of carbonyl (C=O) groups is 3. The van der Waals surface area contributed by atoms with E-state index in [0.717, 1.165) is 24.1 Å². The van der Waals surface area contributed by atoms with Crippen LogP contribution >= 0.6 is 0 Å². The SMILES string of the molecule is O=C1CCC(N2Cc3cc(O[C@H]4CCN(Cc5cnn(-c6ccc(OC(F)(F)F)cc6)c5)C4)ccc3C2=O)C(=O)N1. The lowest BCUT2D eigenvalue weighted by atomic mass is 10.0. The van der Waals surface area contributed by atoms with Gasteiger partial charge in [-0.1, -0.05) is 0 Å². The largest absolute Gasteiger partial charge is 0.573 e. The predicted molar refractivity (Wildman–Crippen MR) is 137 cm³/mol. The highest BCUT2D eigenvalue weighted by atomic mass is 19.4. The highest BCUT2D eigenvalue weighted by Gasteiger charge is 2.39. The van der Waals surface area contributed by atoms with E-state index in [-0.39, 0.29) is 36.6 Å². The van der Waals surface area contributed by atoms with E-state index in [9.17, 15) is 27.6 Å². The Morgan fingerprint density at radius 2 is 1.80 bits per heavy atom. The average molecular weight is 570 g/mol. The molecule has 13 heteroatoms. The molecule has 2 fully saturated rings. The van der Waals surface area contributed by atoms with E-state index >= 15 is 0 Å². The number of ether oxygens (including phenoxy) is 2. The van der Waals surface area contributed by atoms with E-state index in [2.05, 4.69) is 20.1 Å². The Kier molecular flexibility index (Phi) is 6.89. The Balaban J connectivity index is 1.03. The number of piperidine rings is 1. The van der Waals surface area contributed by atoms with Crippen molar-refractivity contribution < 1.29 is 37.0 Å². The van der Waals surface area contributed by atoms with Gasteiger partial charge in [0.2, 0.25) is 11.8 Å². The van der Waals surface area contributed by atoms with Gasteiger partial charge in [0.05, 0.1) is 11.9 Å². The summed E-state index contributed by atoms with van der Waals surface area (Å²) in [6.07, 6.45) is 0.0988. The molecule has 4 heterocycles. The van der Waals surface area contributed by atoms with Crippen LogP contribution in [-0.2, 0) is 22.7 Å². The van der Waals surface area contributed by atoms with Crippen molar-refractivity contribution in [2.24, 2.45) is 0 Å². The minimum atomic E-state index is -4.74. The molecule has 3 aliphatic rings. The maximum Gasteiger partial charge on any atom is 0.573 e. The molecule has 2 atom stereocenters. The third kappa shape index (κ3) is 5.89. The van der Waals surface area contributed by atoms with Gasteiger partial charge in [-0.2, -0.15) is 5.10 Å². The summed E-state index contributed by atoms with van der Waals surface area (Å²) in [6.45, 7) is 2.42. The molecular formula is C28H26F3N5O5. The monoisotopic (exact) mass is 569 g/mol. The lowest BCUT2D eigenvalue weighted by Gasteiger charge is -2.29. The van der Waals surface area contributed by atoms with Gasteiger partial charge in [-0.05, 0) is 60.9 Å². The molecule has 3 aromatic rings. The molecule has 0 bridgehead atoms. The molecule has 2 saturated heterocycles. The Morgan fingerprint density at radius 1 is 1.02 bits per heavy atom. The third-order valence-electron chi connectivity index (χ3n) is 7.40. The zero-order valence-electron chi connectivity index (χ0n) is 21.8. The molecule has 41 heavy (non-hydrogen) atoms. The van der Waals surface area contributed by atoms with Crippen LogP contribution in [0.3, 0.4) is 0 Å². The van der Waals surface area contributed by atoms with E-state index in [1.807, 2.05) is 12.3 Å². The number of imide groups is 1. The number of fused-ring (bicyclic) bond motifs is 1. The van der Waals surface area contributed by atoms with Crippen LogP contribution in [0.1, 0.15) is 40.7 Å². The highest BCUT2D eigenvalue weighted by Crippen LogP contribution is 2.31. The molecule has 0 aliphatic carbocycles. The number of hydrogen-bond donors (Lipinski definition) is 1. The average Bonchev–Trinajstić information content (AvgIpc) is 3.64. The number of amides is 3. The first-order valence-corrected chi connectivity index (χ1v) is 13.2. The summed E-state index contributed by atoms with van der Waals surface area (Å²) in [5.74, 6) is -0.626. The Morgan fingerprint density at radius 3 is 2.56 bits per heavy atom. The summed E-state index contributed by atoms with van der Waals surface area (Å²) in [5, 5.41) is 6.64. The molecule has 3 amide bonds. The van der Waals surface area contributed by atoms with Crippen molar-refractivity contribution in [3.05, 3.63) is 71.5 Å². The summed E-state index contributed by atoms with van der Waals surface area (Å²) >= 11 is 0. The maximum absolute atomic E-state index is 12.9. The van der Waals surface area contributed by atoms with Crippen LogP contribution in [-0.4, -0.2) is 68.9 Å². The topological polar surface area (TPSA) is 106 Å². The van der Waals surface area contributed by atoms with Crippen LogP contribution < -0.4 is 14.8 Å². The van der Waals surface area contributed by atoms with Gasteiger partial charge < -0.3 is 14.4 Å². The van der Waals surface area contributed by atoms with Crippen LogP contribution in [0.25, 0.3) is 5.69 Å². The number of alkyl halides is 3. The number of aromatic nitrogens is 2. The quantitative estimate of drug-likeness (QED) is 0.436. The fourth-order valence-electron chi connectivity index (χ4n) is 5.50. The third-order valence-corrected chi connectivity index (χ3v) is 7.40. The van der Waals surface area contributed by atoms with Gasteiger partial charge in [0.15, 0.2) is 0 Å². The first kappa shape index (κ1) is 26.8. The molecule has 1 aromatic heterocycles. The van der Waals surface area contributed by atoms with Crippen molar-refractivity contribution in [2.75, 3.05) is 13.1 Å². The fourth-order valence-corrected chi connectivity index (χ4v) is 5.50. The van der Waals surface area contributed by atoms with Gasteiger partial charge in [-0.25, -0.2) is 4.68 Å². The molecule has 1 N–H and O–H groups in total. The van der Waals surface area contributed by atoms with Gasteiger partial charge >= 0.3 is 6.36 Å². The van der Waals surface area contributed by atoms with Crippen LogP contribution in [0.5, 0.6) is 11.5 Å². The number of nitrogens with zero attached hydrogens (tertiary/aromatic N) is 4. The first-order chi connectivity index (χ1) is 19.6. The van der Waals surface area contributed by atoms with Gasteiger partial charge in [0.1, 0.15) is 23.6 Å². The lowest BCUT2D eigenvalue weighted by Crippen LogP contribution is -2.52. The molecule has 0 radical (unpaired) electrons. The van der Waals surface area contributed by atoms with Crippen molar-refractivity contribution in [3.8, 4) is 17.2 Å². The zero-order valence-corrected chi connectivity index (χ0v) is 21.8. The van der Waals surface area contributed by atoms with Gasteiger partial charge in [0.25, 0.3) is 5.91 Å². The molecule has 6 rings (SSSR count). The Labute approximate surface area is 232 Å². The van der Waals surface area contributed by atoms with E-state index in [1.165, 1.54) is 29.2 Å². The molecule has 10 nitrogen and oxygen atoms in total. The molecule has 0 saturated carbocycles. The van der Waals surface area contributed by atoms with Crippen LogP contribution in [0.15, 0.2) is 54.9 Å². The van der Waals surface area contributed by atoms with Crippen LogP contribution in [0, 0.1) is 0 Å². The summed E-state index contributed by atoms with van der Waals surface area (Å²) < 4.78 is 48.9. The molecule has 3 aliphatic heterocycles. The Bertz CT molecular complexity index is 1490. The summed E-state index contributed by atoms with van der Waals surface area (Å²) in [4.78, 5) is 40.4. The second-order valence-corrected chi connectivity index (χ2v) is 10.3. The number of halogens is 3.